The second kappa shape index (κ2) is 6.96. The molecule has 5 nitrogen and oxygen atoms in total. The van der Waals surface area contributed by atoms with Gasteiger partial charge in [0, 0.05) is 25.0 Å². The van der Waals surface area contributed by atoms with Crippen molar-refractivity contribution in [2.45, 2.75) is 45.4 Å². The molecule has 0 saturated carbocycles. The minimum absolute atomic E-state index is 0.0502. The van der Waals surface area contributed by atoms with Crippen LogP contribution in [0.4, 0.5) is 5.13 Å². The Bertz CT molecular complexity index is 412. The Kier molecular flexibility index (Phi) is 5.27. The fraction of sp³-hybridized carbons (Fsp3) is 0.769. The summed E-state index contributed by atoms with van der Waals surface area (Å²) in [6.45, 7) is 5.64. The number of amides is 1. The van der Waals surface area contributed by atoms with Crippen molar-refractivity contribution in [3.05, 3.63) is 5.01 Å². The van der Waals surface area contributed by atoms with Crippen molar-refractivity contribution in [2.75, 3.05) is 18.5 Å². The van der Waals surface area contributed by atoms with Gasteiger partial charge in [0.25, 0.3) is 0 Å². The van der Waals surface area contributed by atoms with Gasteiger partial charge in [-0.15, -0.1) is 10.2 Å². The molecule has 0 radical (unpaired) electrons. The topological polar surface area (TPSA) is 64.1 Å². The molecule has 0 atom stereocenters. The molecule has 0 aromatic carbocycles. The SMILES string of the molecule is CCC(CC)c1nnc(NC(=O)C2CCOCC2)s1. The number of aromatic nitrogens is 2. The second-order valence-electron chi connectivity index (χ2n) is 4.83. The molecule has 1 aromatic heterocycles. The number of hydrogen-bond donors (Lipinski definition) is 1. The molecule has 1 amide bonds. The lowest BCUT2D eigenvalue weighted by Crippen LogP contribution is -2.28. The van der Waals surface area contributed by atoms with Crippen LogP contribution in [0.25, 0.3) is 0 Å². The van der Waals surface area contributed by atoms with Crippen LogP contribution >= 0.6 is 11.3 Å². The van der Waals surface area contributed by atoms with Crippen LogP contribution < -0.4 is 5.32 Å². The van der Waals surface area contributed by atoms with E-state index in [1.54, 1.807) is 0 Å². The lowest BCUT2D eigenvalue weighted by atomic mass is 10.00. The fourth-order valence-corrected chi connectivity index (χ4v) is 3.27. The predicted molar refractivity (Wildman–Crippen MR) is 75.4 cm³/mol. The highest BCUT2D eigenvalue weighted by atomic mass is 32.1. The van der Waals surface area contributed by atoms with Crippen LogP contribution in [0.3, 0.4) is 0 Å². The zero-order chi connectivity index (χ0) is 13.7. The predicted octanol–water partition coefficient (Wildman–Crippen LogP) is 2.81. The van der Waals surface area contributed by atoms with E-state index in [2.05, 4.69) is 29.4 Å². The van der Waals surface area contributed by atoms with Gasteiger partial charge >= 0.3 is 0 Å². The Morgan fingerprint density at radius 3 is 2.68 bits per heavy atom. The zero-order valence-corrected chi connectivity index (χ0v) is 12.3. The summed E-state index contributed by atoms with van der Waals surface area (Å²) in [5.41, 5.74) is 0. The van der Waals surface area contributed by atoms with E-state index in [1.165, 1.54) is 11.3 Å². The van der Waals surface area contributed by atoms with Crippen molar-refractivity contribution in [2.24, 2.45) is 5.92 Å². The maximum Gasteiger partial charge on any atom is 0.229 e. The number of carbonyl (C=O) groups is 1. The average molecular weight is 283 g/mol. The number of anilines is 1. The van der Waals surface area contributed by atoms with Gasteiger partial charge in [-0.25, -0.2) is 0 Å². The highest BCUT2D eigenvalue weighted by molar-refractivity contribution is 7.15. The Labute approximate surface area is 117 Å². The van der Waals surface area contributed by atoms with Crippen molar-refractivity contribution < 1.29 is 9.53 Å². The van der Waals surface area contributed by atoms with Gasteiger partial charge in [0.15, 0.2) is 0 Å². The van der Waals surface area contributed by atoms with Gasteiger partial charge in [0.05, 0.1) is 0 Å². The number of ether oxygens (including phenoxy) is 1. The molecule has 1 fully saturated rings. The van der Waals surface area contributed by atoms with E-state index in [0.717, 1.165) is 30.7 Å². The maximum absolute atomic E-state index is 12.1. The van der Waals surface area contributed by atoms with Crippen LogP contribution in [-0.2, 0) is 9.53 Å². The molecule has 6 heteroatoms. The summed E-state index contributed by atoms with van der Waals surface area (Å²) in [5.74, 6) is 0.552. The summed E-state index contributed by atoms with van der Waals surface area (Å²) in [6, 6.07) is 0. The van der Waals surface area contributed by atoms with Crippen molar-refractivity contribution in [3.63, 3.8) is 0 Å². The summed E-state index contributed by atoms with van der Waals surface area (Å²) in [7, 11) is 0. The summed E-state index contributed by atoms with van der Waals surface area (Å²) in [5, 5.41) is 12.8. The summed E-state index contributed by atoms with van der Waals surface area (Å²) >= 11 is 1.50. The van der Waals surface area contributed by atoms with Gasteiger partial charge in [-0.1, -0.05) is 25.2 Å². The Balaban J connectivity index is 1.93. The van der Waals surface area contributed by atoms with Crippen molar-refractivity contribution in [1.29, 1.82) is 0 Å². The van der Waals surface area contributed by atoms with Gasteiger partial charge in [0.2, 0.25) is 11.0 Å². The van der Waals surface area contributed by atoms with E-state index < -0.39 is 0 Å². The van der Waals surface area contributed by atoms with Crippen LogP contribution in [0.15, 0.2) is 0 Å². The van der Waals surface area contributed by atoms with Crippen LogP contribution in [0.2, 0.25) is 0 Å². The molecule has 2 rings (SSSR count). The molecular formula is C13H21N3O2S. The Morgan fingerprint density at radius 2 is 2.05 bits per heavy atom. The van der Waals surface area contributed by atoms with E-state index in [9.17, 15) is 4.79 Å². The second-order valence-corrected chi connectivity index (χ2v) is 5.84. The number of rotatable bonds is 5. The molecule has 19 heavy (non-hydrogen) atoms. The molecule has 2 heterocycles. The molecule has 1 aromatic rings. The minimum Gasteiger partial charge on any atom is -0.381 e. The van der Waals surface area contributed by atoms with Gasteiger partial charge in [-0.3, -0.25) is 4.79 Å². The lowest BCUT2D eigenvalue weighted by molar-refractivity contribution is -0.122. The van der Waals surface area contributed by atoms with E-state index in [-0.39, 0.29) is 11.8 Å². The van der Waals surface area contributed by atoms with Crippen LogP contribution in [0, 0.1) is 5.92 Å². The molecule has 0 bridgehead atoms. The van der Waals surface area contributed by atoms with Crippen LogP contribution in [0.5, 0.6) is 0 Å². The van der Waals surface area contributed by atoms with Crippen molar-refractivity contribution in [1.82, 2.24) is 10.2 Å². The van der Waals surface area contributed by atoms with Gasteiger partial charge in [0.1, 0.15) is 5.01 Å². The van der Waals surface area contributed by atoms with Crippen molar-refractivity contribution in [3.8, 4) is 0 Å². The third-order valence-electron chi connectivity index (χ3n) is 3.60. The maximum atomic E-state index is 12.1. The third-order valence-corrected chi connectivity index (χ3v) is 4.60. The van der Waals surface area contributed by atoms with E-state index in [4.69, 9.17) is 4.74 Å². The summed E-state index contributed by atoms with van der Waals surface area (Å²) in [4.78, 5) is 12.1. The normalized spacial score (nSPS) is 16.8. The number of hydrogen-bond acceptors (Lipinski definition) is 5. The summed E-state index contributed by atoms with van der Waals surface area (Å²) in [6.07, 6.45) is 3.70. The number of nitrogens with zero attached hydrogens (tertiary/aromatic N) is 2. The molecule has 1 aliphatic heterocycles. The van der Waals surface area contributed by atoms with E-state index >= 15 is 0 Å². The minimum atomic E-state index is 0.0502. The number of carbonyl (C=O) groups excluding carboxylic acids is 1. The highest BCUT2D eigenvalue weighted by Gasteiger charge is 2.23. The first kappa shape index (κ1) is 14.4. The molecule has 0 unspecified atom stereocenters. The lowest BCUT2D eigenvalue weighted by Gasteiger charge is -2.20. The molecule has 0 aliphatic carbocycles. The monoisotopic (exact) mass is 283 g/mol. The van der Waals surface area contributed by atoms with Gasteiger partial charge in [-0.2, -0.15) is 0 Å². The van der Waals surface area contributed by atoms with Crippen molar-refractivity contribution >= 4 is 22.4 Å². The first-order chi connectivity index (χ1) is 9.24. The summed E-state index contributed by atoms with van der Waals surface area (Å²) < 4.78 is 5.26. The molecule has 1 saturated heterocycles. The standard InChI is InChI=1S/C13H21N3O2S/c1-3-9(4-2)12-15-16-13(19-12)14-11(17)10-5-7-18-8-6-10/h9-10H,3-8H2,1-2H3,(H,14,16,17). The average Bonchev–Trinajstić information content (AvgIpc) is 2.89. The quantitative estimate of drug-likeness (QED) is 0.902. The Morgan fingerprint density at radius 1 is 1.37 bits per heavy atom. The zero-order valence-electron chi connectivity index (χ0n) is 11.5. The molecule has 1 N–H and O–H groups in total. The molecular weight excluding hydrogens is 262 g/mol. The highest BCUT2D eigenvalue weighted by Crippen LogP contribution is 2.28. The fourth-order valence-electron chi connectivity index (χ4n) is 2.26. The van der Waals surface area contributed by atoms with Crippen LogP contribution in [-0.4, -0.2) is 29.3 Å². The van der Waals surface area contributed by atoms with Gasteiger partial charge in [-0.05, 0) is 25.7 Å². The first-order valence-electron chi connectivity index (χ1n) is 6.96. The number of nitrogens with one attached hydrogen (secondary N) is 1. The molecule has 0 spiro atoms. The first-order valence-corrected chi connectivity index (χ1v) is 7.78. The smallest absolute Gasteiger partial charge is 0.229 e. The third kappa shape index (κ3) is 3.73. The van der Waals surface area contributed by atoms with Gasteiger partial charge < -0.3 is 10.1 Å². The molecule has 106 valence electrons. The Hall–Kier alpha value is -1.01. The van der Waals surface area contributed by atoms with E-state index in [1.807, 2.05) is 0 Å². The van der Waals surface area contributed by atoms with E-state index in [0.29, 0.717) is 24.3 Å². The molecule has 1 aliphatic rings. The van der Waals surface area contributed by atoms with Crippen LogP contribution in [0.1, 0.15) is 50.5 Å². The largest absolute Gasteiger partial charge is 0.381 e.